The molecule has 0 unspecified atom stereocenters. The Hall–Kier alpha value is -3.17. The van der Waals surface area contributed by atoms with Gasteiger partial charge in [-0.1, -0.05) is 17.7 Å². The molecule has 7 nitrogen and oxygen atoms in total. The highest BCUT2D eigenvalue weighted by atomic mass is 35.5. The zero-order valence-electron chi connectivity index (χ0n) is 15.8. The van der Waals surface area contributed by atoms with Gasteiger partial charge in [0.05, 0.1) is 10.6 Å². The summed E-state index contributed by atoms with van der Waals surface area (Å²) in [5, 5.41) is 2.63. The standard InChI is InChI=1S/C20H17ClFN3O4S/c1-3-8-23-20(27)15-11-24-17-6-5-13(10-14(17)19(15)26)30(28,29)25(2)18-7-4-12(21)9-16(18)22/h3-7,9-11H,1,8H2,2H3,(H,23,27)(H,24,26). The van der Waals surface area contributed by atoms with Crippen molar-refractivity contribution in [2.45, 2.75) is 4.90 Å². The molecule has 0 saturated heterocycles. The van der Waals surface area contributed by atoms with Crippen LogP contribution in [0.15, 0.2) is 64.9 Å². The molecule has 0 atom stereocenters. The summed E-state index contributed by atoms with van der Waals surface area (Å²) < 4.78 is 41.0. The number of benzene rings is 2. The second-order valence-electron chi connectivity index (χ2n) is 6.31. The molecule has 10 heteroatoms. The Morgan fingerprint density at radius 1 is 1.30 bits per heavy atom. The molecule has 1 heterocycles. The highest BCUT2D eigenvalue weighted by molar-refractivity contribution is 7.92. The first-order chi connectivity index (χ1) is 14.2. The number of hydrogen-bond donors (Lipinski definition) is 2. The maximum Gasteiger partial charge on any atom is 0.264 e. The van der Waals surface area contributed by atoms with Gasteiger partial charge in [0.15, 0.2) is 0 Å². The average Bonchev–Trinajstić information content (AvgIpc) is 2.71. The number of carbonyl (C=O) groups is 1. The van der Waals surface area contributed by atoms with Crippen LogP contribution in [0.25, 0.3) is 10.9 Å². The van der Waals surface area contributed by atoms with E-state index in [4.69, 9.17) is 11.6 Å². The number of aromatic nitrogens is 1. The third-order valence-electron chi connectivity index (χ3n) is 4.41. The van der Waals surface area contributed by atoms with Crippen LogP contribution in [-0.2, 0) is 10.0 Å². The van der Waals surface area contributed by atoms with E-state index in [1.807, 2.05) is 0 Å². The first-order valence-electron chi connectivity index (χ1n) is 8.65. The van der Waals surface area contributed by atoms with E-state index < -0.39 is 27.2 Å². The van der Waals surface area contributed by atoms with Crippen LogP contribution in [-0.4, -0.2) is 32.9 Å². The maximum atomic E-state index is 14.2. The molecule has 0 radical (unpaired) electrons. The number of nitrogens with zero attached hydrogens (tertiary/aromatic N) is 1. The largest absolute Gasteiger partial charge is 0.360 e. The van der Waals surface area contributed by atoms with Gasteiger partial charge in [0.2, 0.25) is 5.43 Å². The van der Waals surface area contributed by atoms with Crippen LogP contribution in [0, 0.1) is 5.82 Å². The number of pyridine rings is 1. The third kappa shape index (κ3) is 3.94. The van der Waals surface area contributed by atoms with Gasteiger partial charge >= 0.3 is 0 Å². The number of sulfonamides is 1. The number of amides is 1. The molecule has 1 amide bonds. The Balaban J connectivity index is 2.09. The van der Waals surface area contributed by atoms with E-state index in [2.05, 4.69) is 16.9 Å². The lowest BCUT2D eigenvalue weighted by atomic mass is 10.1. The number of H-pyrrole nitrogens is 1. The van der Waals surface area contributed by atoms with Gasteiger partial charge in [0.1, 0.15) is 11.4 Å². The average molecular weight is 450 g/mol. The molecule has 0 spiro atoms. The molecule has 0 aliphatic carbocycles. The lowest BCUT2D eigenvalue weighted by Gasteiger charge is -2.20. The van der Waals surface area contributed by atoms with Crippen molar-refractivity contribution in [1.29, 1.82) is 0 Å². The Morgan fingerprint density at radius 2 is 2.03 bits per heavy atom. The van der Waals surface area contributed by atoms with Gasteiger partial charge in [0, 0.05) is 35.7 Å². The van der Waals surface area contributed by atoms with Crippen molar-refractivity contribution in [2.75, 3.05) is 17.9 Å². The minimum Gasteiger partial charge on any atom is -0.360 e. The summed E-state index contributed by atoms with van der Waals surface area (Å²) in [7, 11) is -3.01. The molecule has 156 valence electrons. The number of aromatic amines is 1. The fourth-order valence-corrected chi connectivity index (χ4v) is 4.20. The Labute approximate surface area is 176 Å². The van der Waals surface area contributed by atoms with Crippen molar-refractivity contribution in [3.63, 3.8) is 0 Å². The molecule has 0 bridgehead atoms. The van der Waals surface area contributed by atoms with Crippen LogP contribution in [0.4, 0.5) is 10.1 Å². The summed E-state index contributed by atoms with van der Waals surface area (Å²) in [5.41, 5.74) is -0.663. The van der Waals surface area contributed by atoms with Crippen molar-refractivity contribution in [1.82, 2.24) is 10.3 Å². The highest BCUT2D eigenvalue weighted by Crippen LogP contribution is 2.27. The zero-order chi connectivity index (χ0) is 22.1. The molecular weight excluding hydrogens is 433 g/mol. The zero-order valence-corrected chi connectivity index (χ0v) is 17.3. The quantitative estimate of drug-likeness (QED) is 0.565. The topological polar surface area (TPSA) is 99.3 Å². The number of rotatable bonds is 6. The SMILES string of the molecule is C=CCNC(=O)c1c[nH]c2ccc(S(=O)(=O)N(C)c3ccc(Cl)cc3F)cc2c1=O. The van der Waals surface area contributed by atoms with E-state index in [0.29, 0.717) is 5.52 Å². The fourth-order valence-electron chi connectivity index (χ4n) is 2.81. The lowest BCUT2D eigenvalue weighted by molar-refractivity contribution is 0.0957. The Bertz CT molecular complexity index is 1320. The molecule has 0 aliphatic heterocycles. The highest BCUT2D eigenvalue weighted by Gasteiger charge is 2.25. The van der Waals surface area contributed by atoms with Crippen molar-refractivity contribution in [2.24, 2.45) is 0 Å². The second-order valence-corrected chi connectivity index (χ2v) is 8.71. The van der Waals surface area contributed by atoms with Gasteiger partial charge in [-0.15, -0.1) is 6.58 Å². The Morgan fingerprint density at radius 3 is 2.70 bits per heavy atom. The van der Waals surface area contributed by atoms with E-state index in [1.54, 1.807) is 0 Å². The second kappa shape index (κ2) is 8.29. The van der Waals surface area contributed by atoms with Crippen LogP contribution in [0.2, 0.25) is 5.02 Å². The van der Waals surface area contributed by atoms with Crippen LogP contribution in [0.3, 0.4) is 0 Å². The summed E-state index contributed by atoms with van der Waals surface area (Å²) in [6.07, 6.45) is 2.72. The van der Waals surface area contributed by atoms with Gasteiger partial charge in [-0.25, -0.2) is 12.8 Å². The van der Waals surface area contributed by atoms with E-state index >= 15 is 0 Å². The van der Waals surface area contributed by atoms with Gasteiger partial charge in [-0.05, 0) is 36.4 Å². The molecule has 30 heavy (non-hydrogen) atoms. The molecule has 2 aromatic carbocycles. The number of nitrogens with one attached hydrogen (secondary N) is 2. The van der Waals surface area contributed by atoms with Gasteiger partial charge in [0.25, 0.3) is 15.9 Å². The van der Waals surface area contributed by atoms with Crippen LogP contribution < -0.4 is 15.1 Å². The normalized spacial score (nSPS) is 11.3. The molecule has 0 aliphatic rings. The van der Waals surface area contributed by atoms with Gasteiger partial charge < -0.3 is 10.3 Å². The van der Waals surface area contributed by atoms with E-state index in [0.717, 1.165) is 16.4 Å². The maximum absolute atomic E-state index is 14.2. The Kier molecular flexibility index (Phi) is 5.95. The number of hydrogen-bond acceptors (Lipinski definition) is 4. The first kappa shape index (κ1) is 21.5. The molecular formula is C20H17ClFN3O4S. The van der Waals surface area contributed by atoms with Crippen LogP contribution in [0.1, 0.15) is 10.4 Å². The third-order valence-corrected chi connectivity index (χ3v) is 6.41. The molecule has 1 aromatic heterocycles. The summed E-state index contributed by atoms with van der Waals surface area (Å²) in [6, 6.07) is 7.45. The molecule has 3 rings (SSSR count). The lowest BCUT2D eigenvalue weighted by Crippen LogP contribution is -2.29. The van der Waals surface area contributed by atoms with Crippen LogP contribution >= 0.6 is 11.6 Å². The van der Waals surface area contributed by atoms with Crippen molar-refractivity contribution < 1.29 is 17.6 Å². The molecule has 3 aromatic rings. The monoisotopic (exact) mass is 449 g/mol. The predicted molar refractivity (Wildman–Crippen MR) is 114 cm³/mol. The molecule has 2 N–H and O–H groups in total. The smallest absolute Gasteiger partial charge is 0.264 e. The van der Waals surface area contributed by atoms with E-state index in [9.17, 15) is 22.4 Å². The summed E-state index contributed by atoms with van der Waals surface area (Å²) in [6.45, 7) is 3.65. The summed E-state index contributed by atoms with van der Waals surface area (Å²) in [5.74, 6) is -1.43. The number of fused-ring (bicyclic) bond motifs is 1. The number of halogens is 2. The first-order valence-corrected chi connectivity index (χ1v) is 10.5. The van der Waals surface area contributed by atoms with E-state index in [1.165, 1.54) is 43.6 Å². The van der Waals surface area contributed by atoms with Crippen molar-refractivity contribution in [3.8, 4) is 0 Å². The van der Waals surface area contributed by atoms with E-state index in [-0.39, 0.29) is 33.1 Å². The minimum absolute atomic E-state index is 0.00676. The fraction of sp³-hybridized carbons (Fsp3) is 0.100. The summed E-state index contributed by atoms with van der Waals surface area (Å²) in [4.78, 5) is 27.5. The van der Waals surface area contributed by atoms with Gasteiger partial charge in [-0.3, -0.25) is 13.9 Å². The molecule has 0 saturated carbocycles. The number of anilines is 1. The van der Waals surface area contributed by atoms with Crippen molar-refractivity contribution in [3.05, 3.63) is 81.9 Å². The minimum atomic E-state index is -4.20. The van der Waals surface area contributed by atoms with Crippen molar-refractivity contribution >= 4 is 44.1 Å². The summed E-state index contributed by atoms with van der Waals surface area (Å²) >= 11 is 5.72. The molecule has 0 fully saturated rings. The van der Waals surface area contributed by atoms with Gasteiger partial charge in [-0.2, -0.15) is 0 Å². The number of carbonyl (C=O) groups excluding carboxylic acids is 1. The predicted octanol–water partition coefficient (Wildman–Crippen LogP) is 3.06. The van der Waals surface area contributed by atoms with Crippen LogP contribution in [0.5, 0.6) is 0 Å².